The van der Waals surface area contributed by atoms with Gasteiger partial charge in [-0.1, -0.05) is 13.8 Å². The number of hydrogen-bond donors (Lipinski definition) is 3. The van der Waals surface area contributed by atoms with Crippen LogP contribution >= 0.6 is 0 Å². The van der Waals surface area contributed by atoms with E-state index >= 15 is 0 Å². The van der Waals surface area contributed by atoms with Crippen LogP contribution in [0.25, 0.3) is 0 Å². The van der Waals surface area contributed by atoms with E-state index in [9.17, 15) is 22.8 Å². The van der Waals surface area contributed by atoms with Crippen molar-refractivity contribution in [1.82, 2.24) is 10.6 Å². The monoisotopic (exact) mass is 296 g/mol. The third-order valence-electron chi connectivity index (χ3n) is 3.76. The number of aliphatic carboxylic acids is 1. The van der Waals surface area contributed by atoms with E-state index in [0.29, 0.717) is 19.9 Å². The summed E-state index contributed by atoms with van der Waals surface area (Å²) in [5.74, 6) is -3.08. The van der Waals surface area contributed by atoms with Crippen molar-refractivity contribution >= 4 is 11.9 Å². The minimum atomic E-state index is -5.08. The molecule has 1 rings (SSSR count). The number of carbonyl (C=O) groups excluding carboxylic acids is 1. The van der Waals surface area contributed by atoms with Crippen molar-refractivity contribution in [2.24, 2.45) is 5.41 Å². The van der Waals surface area contributed by atoms with Crippen LogP contribution in [0.4, 0.5) is 13.2 Å². The fourth-order valence-corrected chi connectivity index (χ4v) is 2.22. The number of carboxylic acids is 1. The van der Waals surface area contributed by atoms with Crippen LogP contribution in [0.2, 0.25) is 0 Å². The summed E-state index contributed by atoms with van der Waals surface area (Å²) in [4.78, 5) is 22.9. The van der Waals surface area contributed by atoms with Gasteiger partial charge in [-0.2, -0.15) is 13.2 Å². The van der Waals surface area contributed by atoms with Crippen LogP contribution in [0.1, 0.15) is 33.6 Å². The van der Waals surface area contributed by atoms with Gasteiger partial charge in [-0.05, 0) is 31.7 Å². The summed E-state index contributed by atoms with van der Waals surface area (Å²) in [7, 11) is 0. The average Bonchev–Trinajstić information content (AvgIpc) is 2.26. The van der Waals surface area contributed by atoms with E-state index in [0.717, 1.165) is 6.42 Å². The molecule has 0 spiro atoms. The maximum absolute atomic E-state index is 12.9. The van der Waals surface area contributed by atoms with E-state index in [2.05, 4.69) is 5.32 Å². The average molecular weight is 296 g/mol. The number of amides is 1. The highest BCUT2D eigenvalue weighted by Crippen LogP contribution is 2.33. The molecule has 0 aromatic rings. The van der Waals surface area contributed by atoms with Crippen molar-refractivity contribution in [2.45, 2.75) is 51.4 Å². The molecule has 2 unspecified atom stereocenters. The molecule has 8 heteroatoms. The highest BCUT2D eigenvalue weighted by Gasteiger charge is 2.59. The zero-order chi connectivity index (χ0) is 15.8. The summed E-state index contributed by atoms with van der Waals surface area (Å²) in [5, 5.41) is 13.3. The molecule has 0 aromatic heterocycles. The van der Waals surface area contributed by atoms with Gasteiger partial charge in [0.15, 0.2) is 0 Å². The first-order valence-electron chi connectivity index (χ1n) is 6.27. The molecule has 5 nitrogen and oxygen atoms in total. The molecule has 1 saturated heterocycles. The molecule has 0 radical (unpaired) electrons. The van der Waals surface area contributed by atoms with Gasteiger partial charge in [-0.25, -0.2) is 4.79 Å². The van der Waals surface area contributed by atoms with Crippen LogP contribution in [0.3, 0.4) is 0 Å². The standard InChI is InChI=1S/C12H19F3N2O3/c1-10(2)5-4-6-16-7(10)8(18)17-11(3,9(19)20)12(13,14)15/h7,16H,4-6H2,1-3H3,(H,17,18)(H,19,20). The second-order valence-electron chi connectivity index (χ2n) is 5.90. The Morgan fingerprint density at radius 2 is 1.90 bits per heavy atom. The van der Waals surface area contributed by atoms with Crippen LogP contribution in [0.15, 0.2) is 0 Å². The van der Waals surface area contributed by atoms with Gasteiger partial charge in [0.25, 0.3) is 0 Å². The largest absolute Gasteiger partial charge is 0.479 e. The number of nitrogens with one attached hydrogen (secondary N) is 2. The molecule has 3 N–H and O–H groups in total. The predicted molar refractivity (Wildman–Crippen MR) is 65.0 cm³/mol. The number of hydrogen-bond acceptors (Lipinski definition) is 3. The molecule has 2 atom stereocenters. The lowest BCUT2D eigenvalue weighted by Crippen LogP contribution is -2.66. The van der Waals surface area contributed by atoms with Gasteiger partial charge in [0, 0.05) is 0 Å². The van der Waals surface area contributed by atoms with Crippen molar-refractivity contribution < 1.29 is 27.9 Å². The van der Waals surface area contributed by atoms with E-state index in [1.165, 1.54) is 0 Å². The summed E-state index contributed by atoms with van der Waals surface area (Å²) < 4.78 is 38.6. The Balaban J connectivity index is 2.95. The second kappa shape index (κ2) is 5.23. The molecule has 0 aromatic carbocycles. The number of rotatable bonds is 3. The number of halogens is 3. The lowest BCUT2D eigenvalue weighted by atomic mass is 9.77. The summed E-state index contributed by atoms with van der Waals surface area (Å²) in [6.07, 6.45) is -3.59. The Kier molecular flexibility index (Phi) is 4.38. The van der Waals surface area contributed by atoms with Crippen LogP contribution in [-0.4, -0.2) is 41.3 Å². The molecular weight excluding hydrogens is 277 g/mol. The van der Waals surface area contributed by atoms with Gasteiger partial charge in [-0.15, -0.1) is 0 Å². The first-order chi connectivity index (χ1) is 8.92. The van der Waals surface area contributed by atoms with Crippen LogP contribution in [0.5, 0.6) is 0 Å². The third-order valence-corrected chi connectivity index (χ3v) is 3.76. The predicted octanol–water partition coefficient (Wildman–Crippen LogP) is 1.29. The van der Waals surface area contributed by atoms with Gasteiger partial charge in [-0.3, -0.25) is 4.79 Å². The van der Waals surface area contributed by atoms with Gasteiger partial charge >= 0.3 is 12.1 Å². The normalized spacial score (nSPS) is 25.6. The maximum Gasteiger partial charge on any atom is 0.422 e. The minimum Gasteiger partial charge on any atom is -0.479 e. The van der Waals surface area contributed by atoms with Crippen molar-refractivity contribution in [3.05, 3.63) is 0 Å². The van der Waals surface area contributed by atoms with E-state index in [1.54, 1.807) is 19.2 Å². The number of alkyl halides is 3. The lowest BCUT2D eigenvalue weighted by Gasteiger charge is -2.40. The fraction of sp³-hybridized carbons (Fsp3) is 0.833. The number of carboxylic acid groups (broad SMARTS) is 1. The molecule has 0 aliphatic carbocycles. The quantitative estimate of drug-likeness (QED) is 0.733. The summed E-state index contributed by atoms with van der Waals surface area (Å²) >= 11 is 0. The molecule has 0 saturated carbocycles. The van der Waals surface area contributed by atoms with Crippen molar-refractivity contribution in [1.29, 1.82) is 0 Å². The molecule has 1 heterocycles. The summed E-state index contributed by atoms with van der Waals surface area (Å²) in [5.41, 5.74) is -3.83. The van der Waals surface area contributed by atoms with E-state index < -0.39 is 35.0 Å². The van der Waals surface area contributed by atoms with Crippen molar-refractivity contribution in [3.63, 3.8) is 0 Å². The fourth-order valence-electron chi connectivity index (χ4n) is 2.22. The number of carbonyl (C=O) groups is 2. The van der Waals surface area contributed by atoms with Crippen LogP contribution < -0.4 is 10.6 Å². The molecular formula is C12H19F3N2O3. The van der Waals surface area contributed by atoms with E-state index in [1.807, 2.05) is 0 Å². The van der Waals surface area contributed by atoms with Gasteiger partial charge < -0.3 is 15.7 Å². The van der Waals surface area contributed by atoms with Crippen LogP contribution in [0, 0.1) is 5.41 Å². The molecule has 1 aliphatic heterocycles. The first kappa shape index (κ1) is 16.7. The first-order valence-corrected chi connectivity index (χ1v) is 6.27. The van der Waals surface area contributed by atoms with Gasteiger partial charge in [0.1, 0.15) is 0 Å². The lowest BCUT2D eigenvalue weighted by molar-refractivity contribution is -0.207. The Morgan fingerprint density at radius 1 is 1.35 bits per heavy atom. The molecule has 116 valence electrons. The summed E-state index contributed by atoms with van der Waals surface area (Å²) in [6, 6.07) is -0.850. The minimum absolute atomic E-state index is 0.447. The van der Waals surface area contributed by atoms with E-state index in [-0.39, 0.29) is 0 Å². The third kappa shape index (κ3) is 3.05. The Labute approximate surface area is 114 Å². The smallest absolute Gasteiger partial charge is 0.422 e. The number of piperidine rings is 1. The molecule has 1 aliphatic rings. The van der Waals surface area contributed by atoms with Gasteiger partial charge in [0.2, 0.25) is 11.4 Å². The van der Waals surface area contributed by atoms with Crippen molar-refractivity contribution in [2.75, 3.05) is 6.54 Å². The molecule has 1 amide bonds. The second-order valence-corrected chi connectivity index (χ2v) is 5.90. The maximum atomic E-state index is 12.9. The summed E-state index contributed by atoms with van der Waals surface area (Å²) in [6.45, 7) is 4.48. The molecule has 1 fully saturated rings. The Bertz CT molecular complexity index is 409. The van der Waals surface area contributed by atoms with Gasteiger partial charge in [0.05, 0.1) is 6.04 Å². The van der Waals surface area contributed by atoms with Crippen molar-refractivity contribution in [3.8, 4) is 0 Å². The molecule has 0 bridgehead atoms. The SMILES string of the molecule is CC1(C)CCCNC1C(=O)NC(C)(C(=O)O)C(F)(F)F. The Morgan fingerprint density at radius 3 is 2.30 bits per heavy atom. The highest BCUT2D eigenvalue weighted by molar-refractivity contribution is 5.90. The highest BCUT2D eigenvalue weighted by atomic mass is 19.4. The zero-order valence-corrected chi connectivity index (χ0v) is 11.6. The van der Waals surface area contributed by atoms with Crippen LogP contribution in [-0.2, 0) is 9.59 Å². The topological polar surface area (TPSA) is 78.4 Å². The Hall–Kier alpha value is -1.31. The van der Waals surface area contributed by atoms with E-state index in [4.69, 9.17) is 5.11 Å². The zero-order valence-electron chi connectivity index (χ0n) is 11.6. The molecule has 20 heavy (non-hydrogen) atoms.